The number of rotatable bonds is 3. The summed E-state index contributed by atoms with van der Waals surface area (Å²) >= 11 is 0. The van der Waals surface area contributed by atoms with Crippen molar-refractivity contribution in [3.05, 3.63) is 204 Å². The number of nitrogens with zero attached hydrogens (tertiary/aromatic N) is 2. The minimum absolute atomic E-state index is 0.486. The number of hydrogen-bond donors (Lipinski definition) is 0. The molecule has 0 unspecified atom stereocenters. The molecule has 9 aromatic rings. The second-order valence-electron chi connectivity index (χ2n) is 13.5. The van der Waals surface area contributed by atoms with Gasteiger partial charge in [-0.3, -0.25) is 0 Å². The van der Waals surface area contributed by atoms with Gasteiger partial charge in [0, 0.05) is 21.9 Å². The van der Waals surface area contributed by atoms with Crippen LogP contribution in [-0.2, 0) is 5.41 Å². The molecule has 0 saturated carbocycles. The molecule has 2 aromatic heterocycles. The van der Waals surface area contributed by atoms with Crippen molar-refractivity contribution in [2.24, 2.45) is 0 Å². The van der Waals surface area contributed by atoms with E-state index >= 15 is 0 Å². The number of benzene rings is 7. The molecule has 2 aliphatic rings. The molecular formula is C48H30N2. The third-order valence-electron chi connectivity index (χ3n) is 11.0. The second kappa shape index (κ2) is 10.2. The molecule has 50 heavy (non-hydrogen) atoms. The van der Waals surface area contributed by atoms with Gasteiger partial charge >= 0.3 is 0 Å². The zero-order valence-electron chi connectivity index (χ0n) is 27.2. The SMILES string of the molecule is c1ccc(-c2cc(-c3ccc4c(c3)C3(c5ccccc5-c5ccccc53)c3cccc5c6ccccc6n-4c35)cc(-c3ccccc3)n2)cc1. The van der Waals surface area contributed by atoms with Gasteiger partial charge in [0.2, 0.25) is 0 Å². The summed E-state index contributed by atoms with van der Waals surface area (Å²) in [5.74, 6) is 0. The summed E-state index contributed by atoms with van der Waals surface area (Å²) in [6, 6.07) is 66.6. The standard InChI is InChI=1S/C48H30N2/c1-3-14-31(15-4-1)43-29-34(30-44(49-43)32-16-5-2-6-17-32)33-26-27-46-42(28-33)48(39-22-10-7-18-35(39)36-19-8-11-23-40(36)48)41-24-13-21-38-37-20-9-12-25-45(37)50(46)47(38)41/h1-30H. The van der Waals surface area contributed by atoms with Crippen LogP contribution in [0.1, 0.15) is 22.3 Å². The Balaban J connectivity index is 1.27. The van der Waals surface area contributed by atoms with Gasteiger partial charge in [0.1, 0.15) is 0 Å². The lowest BCUT2D eigenvalue weighted by atomic mass is 9.65. The molecule has 1 spiro atoms. The largest absolute Gasteiger partial charge is 0.309 e. The van der Waals surface area contributed by atoms with Crippen LogP contribution in [0, 0.1) is 0 Å². The van der Waals surface area contributed by atoms with Crippen LogP contribution in [0.25, 0.3) is 72.3 Å². The third kappa shape index (κ3) is 3.60. The zero-order chi connectivity index (χ0) is 32.8. The van der Waals surface area contributed by atoms with E-state index in [-0.39, 0.29) is 0 Å². The fraction of sp³-hybridized carbons (Fsp3) is 0.0208. The normalized spacial score (nSPS) is 13.4. The summed E-state index contributed by atoms with van der Waals surface area (Å²) in [6.45, 7) is 0. The molecule has 0 radical (unpaired) electrons. The smallest absolute Gasteiger partial charge is 0.0754 e. The van der Waals surface area contributed by atoms with Gasteiger partial charge in [0.05, 0.1) is 33.5 Å². The Bertz CT molecular complexity index is 2700. The lowest BCUT2D eigenvalue weighted by Gasteiger charge is -2.40. The van der Waals surface area contributed by atoms with E-state index in [2.05, 4.69) is 187 Å². The summed E-state index contributed by atoms with van der Waals surface area (Å²) in [7, 11) is 0. The third-order valence-corrected chi connectivity index (χ3v) is 11.0. The molecule has 1 aliphatic heterocycles. The predicted octanol–water partition coefficient (Wildman–Crippen LogP) is 11.9. The summed E-state index contributed by atoms with van der Waals surface area (Å²) in [4.78, 5) is 5.20. The Morgan fingerprint density at radius 3 is 1.62 bits per heavy atom. The monoisotopic (exact) mass is 634 g/mol. The molecule has 0 N–H and O–H groups in total. The number of pyridine rings is 1. The highest BCUT2D eigenvalue weighted by Gasteiger charge is 2.50. The van der Waals surface area contributed by atoms with E-state index in [1.54, 1.807) is 0 Å². The molecule has 0 saturated heterocycles. The van der Waals surface area contributed by atoms with Gasteiger partial charge in [-0.15, -0.1) is 0 Å². The fourth-order valence-electron chi connectivity index (χ4n) is 8.95. The first-order valence-electron chi connectivity index (χ1n) is 17.3. The Morgan fingerprint density at radius 1 is 0.380 bits per heavy atom. The van der Waals surface area contributed by atoms with Crippen molar-refractivity contribution in [1.29, 1.82) is 0 Å². The molecule has 2 nitrogen and oxygen atoms in total. The Hall–Kier alpha value is -6.51. The van der Waals surface area contributed by atoms with Crippen LogP contribution in [0.5, 0.6) is 0 Å². The average Bonchev–Trinajstić information content (AvgIpc) is 3.69. The minimum Gasteiger partial charge on any atom is -0.309 e. The maximum absolute atomic E-state index is 5.20. The van der Waals surface area contributed by atoms with Crippen LogP contribution in [0.15, 0.2) is 182 Å². The molecule has 0 atom stereocenters. The molecule has 11 rings (SSSR count). The minimum atomic E-state index is -0.486. The zero-order valence-corrected chi connectivity index (χ0v) is 27.2. The van der Waals surface area contributed by atoms with Gasteiger partial charge in [-0.2, -0.15) is 0 Å². The van der Waals surface area contributed by atoms with E-state index in [1.807, 2.05) is 0 Å². The molecule has 1 aliphatic carbocycles. The van der Waals surface area contributed by atoms with Gasteiger partial charge in [-0.25, -0.2) is 4.98 Å². The van der Waals surface area contributed by atoms with Crippen LogP contribution in [0.2, 0.25) is 0 Å². The van der Waals surface area contributed by atoms with Crippen molar-refractivity contribution in [2.75, 3.05) is 0 Å². The molecule has 3 heterocycles. The van der Waals surface area contributed by atoms with Gasteiger partial charge in [-0.05, 0) is 74.8 Å². The van der Waals surface area contributed by atoms with Crippen LogP contribution in [0.3, 0.4) is 0 Å². The summed E-state index contributed by atoms with van der Waals surface area (Å²) < 4.78 is 2.52. The summed E-state index contributed by atoms with van der Waals surface area (Å²) in [5.41, 5.74) is 17.7. The van der Waals surface area contributed by atoms with Gasteiger partial charge < -0.3 is 4.57 Å². The van der Waals surface area contributed by atoms with E-state index in [0.29, 0.717) is 0 Å². The van der Waals surface area contributed by atoms with Crippen molar-refractivity contribution < 1.29 is 0 Å². The quantitative estimate of drug-likeness (QED) is 0.189. The molecule has 7 aromatic carbocycles. The van der Waals surface area contributed by atoms with Gasteiger partial charge in [0.25, 0.3) is 0 Å². The molecular weight excluding hydrogens is 605 g/mol. The van der Waals surface area contributed by atoms with Crippen LogP contribution >= 0.6 is 0 Å². The first-order valence-corrected chi connectivity index (χ1v) is 17.3. The van der Waals surface area contributed by atoms with Crippen LogP contribution < -0.4 is 0 Å². The van der Waals surface area contributed by atoms with E-state index in [9.17, 15) is 0 Å². The number of fused-ring (bicyclic) bond motifs is 12. The number of para-hydroxylation sites is 2. The maximum Gasteiger partial charge on any atom is 0.0754 e. The van der Waals surface area contributed by atoms with Crippen molar-refractivity contribution in [2.45, 2.75) is 5.41 Å². The second-order valence-corrected chi connectivity index (χ2v) is 13.5. The number of aromatic nitrogens is 2. The first kappa shape index (κ1) is 27.4. The summed E-state index contributed by atoms with van der Waals surface area (Å²) in [6.07, 6.45) is 0. The van der Waals surface area contributed by atoms with Crippen LogP contribution in [-0.4, -0.2) is 9.55 Å². The number of hydrogen-bond acceptors (Lipinski definition) is 1. The highest BCUT2D eigenvalue weighted by atomic mass is 15.0. The van der Waals surface area contributed by atoms with Crippen LogP contribution in [0.4, 0.5) is 0 Å². The molecule has 0 bridgehead atoms. The van der Waals surface area contributed by atoms with Crippen molar-refractivity contribution in [1.82, 2.24) is 9.55 Å². The predicted molar refractivity (Wildman–Crippen MR) is 206 cm³/mol. The van der Waals surface area contributed by atoms with Crippen molar-refractivity contribution in [3.8, 4) is 50.5 Å². The lowest BCUT2D eigenvalue weighted by molar-refractivity contribution is 0.749. The van der Waals surface area contributed by atoms with Crippen molar-refractivity contribution >= 4 is 21.8 Å². The molecule has 232 valence electrons. The first-order chi connectivity index (χ1) is 24.8. The topological polar surface area (TPSA) is 17.8 Å². The Labute approximate surface area is 290 Å². The van der Waals surface area contributed by atoms with E-state index in [4.69, 9.17) is 4.98 Å². The highest BCUT2D eigenvalue weighted by Crippen LogP contribution is 2.61. The molecule has 0 amide bonds. The average molecular weight is 635 g/mol. The van der Waals surface area contributed by atoms with Gasteiger partial charge in [0.15, 0.2) is 0 Å². The summed E-state index contributed by atoms with van der Waals surface area (Å²) in [5, 5.41) is 2.58. The lowest BCUT2D eigenvalue weighted by Crippen LogP contribution is -2.33. The van der Waals surface area contributed by atoms with E-state index < -0.39 is 5.41 Å². The maximum atomic E-state index is 5.20. The Kier molecular flexibility index (Phi) is 5.62. The Morgan fingerprint density at radius 2 is 0.940 bits per heavy atom. The fourth-order valence-corrected chi connectivity index (χ4v) is 8.95. The van der Waals surface area contributed by atoms with E-state index in [0.717, 1.165) is 28.1 Å². The van der Waals surface area contributed by atoms with Gasteiger partial charge in [-0.1, -0.05) is 152 Å². The highest BCUT2D eigenvalue weighted by molar-refractivity contribution is 6.13. The molecule has 0 fully saturated rings. The molecule has 2 heteroatoms. The van der Waals surface area contributed by atoms with E-state index in [1.165, 1.54) is 66.4 Å². The van der Waals surface area contributed by atoms with Crippen molar-refractivity contribution in [3.63, 3.8) is 0 Å².